The van der Waals surface area contributed by atoms with Crippen molar-refractivity contribution in [2.75, 3.05) is 50.7 Å². The molecule has 0 spiro atoms. The number of carbonyl (C=O) groups is 2. The zero-order chi connectivity index (χ0) is 19.4. The van der Waals surface area contributed by atoms with Crippen LogP contribution in [0, 0.1) is 5.41 Å². The average molecular weight is 375 g/mol. The van der Waals surface area contributed by atoms with E-state index in [1.54, 1.807) is 29.2 Å². The fraction of sp³-hybridized carbons (Fsp3) is 0.500. The average Bonchev–Trinajstić information content (AvgIpc) is 3.01. The van der Waals surface area contributed by atoms with Gasteiger partial charge in [0.25, 0.3) is 0 Å². The molecule has 0 radical (unpaired) electrons. The summed E-state index contributed by atoms with van der Waals surface area (Å²) in [6, 6.07) is 6.96. The second-order valence-corrected chi connectivity index (χ2v) is 6.86. The van der Waals surface area contributed by atoms with Crippen LogP contribution in [0.4, 0.5) is 10.5 Å². The SMILES string of the molecule is N=C(N)c1ccc(N2CC(CN3CCN(CCC(=O)O)CC3)OC2=O)cc1. The van der Waals surface area contributed by atoms with E-state index < -0.39 is 5.97 Å². The van der Waals surface area contributed by atoms with Gasteiger partial charge in [-0.3, -0.25) is 20.0 Å². The molecular weight excluding hydrogens is 350 g/mol. The van der Waals surface area contributed by atoms with Crippen molar-refractivity contribution in [1.29, 1.82) is 5.41 Å². The van der Waals surface area contributed by atoms with Crippen molar-refractivity contribution >= 4 is 23.6 Å². The fourth-order valence-electron chi connectivity index (χ4n) is 3.39. The van der Waals surface area contributed by atoms with Crippen LogP contribution < -0.4 is 10.6 Å². The van der Waals surface area contributed by atoms with Crippen LogP contribution in [0.2, 0.25) is 0 Å². The number of nitrogen functional groups attached to an aromatic ring is 1. The predicted octanol–water partition coefficient (Wildman–Crippen LogP) is 0.388. The first-order chi connectivity index (χ1) is 12.9. The highest BCUT2D eigenvalue weighted by Gasteiger charge is 2.34. The van der Waals surface area contributed by atoms with E-state index in [4.69, 9.17) is 21.0 Å². The van der Waals surface area contributed by atoms with Gasteiger partial charge in [0.05, 0.1) is 13.0 Å². The Labute approximate surface area is 157 Å². The van der Waals surface area contributed by atoms with Crippen molar-refractivity contribution in [3.8, 4) is 0 Å². The minimum atomic E-state index is -0.772. The summed E-state index contributed by atoms with van der Waals surface area (Å²) < 4.78 is 5.50. The molecule has 2 saturated heterocycles. The maximum atomic E-state index is 12.2. The van der Waals surface area contributed by atoms with Gasteiger partial charge < -0.3 is 20.5 Å². The first-order valence-electron chi connectivity index (χ1n) is 9.01. The smallest absolute Gasteiger partial charge is 0.414 e. The molecule has 4 N–H and O–H groups in total. The van der Waals surface area contributed by atoms with Crippen LogP contribution >= 0.6 is 0 Å². The van der Waals surface area contributed by atoms with Crippen LogP contribution in [0.15, 0.2) is 24.3 Å². The number of nitrogens with zero attached hydrogens (tertiary/aromatic N) is 3. The van der Waals surface area contributed by atoms with Gasteiger partial charge in [0.15, 0.2) is 0 Å². The third-order valence-corrected chi connectivity index (χ3v) is 4.93. The second-order valence-electron chi connectivity index (χ2n) is 6.86. The number of cyclic esters (lactones) is 1. The van der Waals surface area contributed by atoms with E-state index in [0.717, 1.165) is 31.9 Å². The van der Waals surface area contributed by atoms with E-state index in [9.17, 15) is 9.59 Å². The first-order valence-corrected chi connectivity index (χ1v) is 9.01. The molecule has 146 valence electrons. The third-order valence-electron chi connectivity index (χ3n) is 4.93. The number of carbonyl (C=O) groups excluding carboxylic acids is 1. The van der Waals surface area contributed by atoms with Crippen LogP contribution in [-0.4, -0.2) is 84.7 Å². The maximum Gasteiger partial charge on any atom is 0.414 e. The van der Waals surface area contributed by atoms with Gasteiger partial charge in [-0.2, -0.15) is 0 Å². The minimum Gasteiger partial charge on any atom is -0.481 e. The van der Waals surface area contributed by atoms with Crippen LogP contribution in [0.3, 0.4) is 0 Å². The highest BCUT2D eigenvalue weighted by Crippen LogP contribution is 2.22. The molecule has 3 rings (SSSR count). The molecule has 1 aromatic carbocycles. The molecule has 1 atom stereocenters. The standard InChI is InChI=1S/C18H25N5O4/c19-17(20)13-1-3-14(4-2-13)23-12-15(27-18(23)26)11-22-9-7-21(8-10-22)6-5-16(24)25/h1-4,15H,5-12H2,(H3,19,20)(H,24,25). The van der Waals surface area contributed by atoms with Gasteiger partial charge in [-0.25, -0.2) is 4.79 Å². The number of piperazine rings is 1. The summed E-state index contributed by atoms with van der Waals surface area (Å²) in [5, 5.41) is 16.2. The number of hydrogen-bond acceptors (Lipinski definition) is 6. The monoisotopic (exact) mass is 375 g/mol. The number of amides is 1. The lowest BCUT2D eigenvalue weighted by atomic mass is 10.2. The Balaban J connectivity index is 1.48. The van der Waals surface area contributed by atoms with Gasteiger partial charge in [-0.15, -0.1) is 0 Å². The Hall–Kier alpha value is -2.65. The molecule has 1 amide bonds. The summed E-state index contributed by atoms with van der Waals surface area (Å²) >= 11 is 0. The van der Waals surface area contributed by atoms with E-state index in [-0.39, 0.29) is 24.5 Å². The second kappa shape index (κ2) is 8.36. The normalized spacial score (nSPS) is 21.3. The van der Waals surface area contributed by atoms with Crippen molar-refractivity contribution in [1.82, 2.24) is 9.80 Å². The van der Waals surface area contributed by atoms with Crippen LogP contribution in [0.5, 0.6) is 0 Å². The van der Waals surface area contributed by atoms with E-state index in [0.29, 0.717) is 25.2 Å². The lowest BCUT2D eigenvalue weighted by Crippen LogP contribution is -2.49. The Morgan fingerprint density at radius 2 is 1.81 bits per heavy atom. The lowest BCUT2D eigenvalue weighted by molar-refractivity contribution is -0.137. The molecule has 1 aromatic rings. The molecule has 1 unspecified atom stereocenters. The highest BCUT2D eigenvalue weighted by molar-refractivity contribution is 5.96. The summed E-state index contributed by atoms with van der Waals surface area (Å²) in [6.45, 7) is 5.04. The number of carboxylic acid groups (broad SMARTS) is 1. The summed E-state index contributed by atoms with van der Waals surface area (Å²) in [5.74, 6) is -0.780. The highest BCUT2D eigenvalue weighted by atomic mass is 16.6. The fourth-order valence-corrected chi connectivity index (χ4v) is 3.39. The largest absolute Gasteiger partial charge is 0.481 e. The van der Waals surface area contributed by atoms with Gasteiger partial charge in [0.2, 0.25) is 0 Å². The van der Waals surface area contributed by atoms with Gasteiger partial charge in [0, 0.05) is 50.5 Å². The number of ether oxygens (including phenoxy) is 1. The Morgan fingerprint density at radius 3 is 2.41 bits per heavy atom. The number of anilines is 1. The quantitative estimate of drug-likeness (QED) is 0.465. The molecule has 0 aliphatic carbocycles. The summed E-state index contributed by atoms with van der Waals surface area (Å²) in [7, 11) is 0. The molecule has 2 aliphatic heterocycles. The predicted molar refractivity (Wildman–Crippen MR) is 100 cm³/mol. The van der Waals surface area contributed by atoms with Crippen LogP contribution in [-0.2, 0) is 9.53 Å². The number of hydrogen-bond donors (Lipinski definition) is 3. The van der Waals surface area contributed by atoms with Gasteiger partial charge in [-0.1, -0.05) is 0 Å². The molecule has 2 heterocycles. The van der Waals surface area contributed by atoms with Gasteiger partial charge in [-0.05, 0) is 24.3 Å². The summed E-state index contributed by atoms with van der Waals surface area (Å²) in [5.41, 5.74) is 6.80. The number of carboxylic acids is 1. The van der Waals surface area contributed by atoms with E-state index in [1.165, 1.54) is 0 Å². The van der Waals surface area contributed by atoms with Gasteiger partial charge >= 0.3 is 12.1 Å². The number of rotatable bonds is 7. The Kier molecular flexibility index (Phi) is 5.92. The zero-order valence-corrected chi connectivity index (χ0v) is 15.1. The van der Waals surface area contributed by atoms with Gasteiger partial charge in [0.1, 0.15) is 11.9 Å². The molecule has 0 aromatic heterocycles. The molecular formula is C18H25N5O4. The Bertz CT molecular complexity index is 700. The number of aliphatic carboxylic acids is 1. The van der Waals surface area contributed by atoms with Crippen molar-refractivity contribution in [2.45, 2.75) is 12.5 Å². The Morgan fingerprint density at radius 1 is 1.19 bits per heavy atom. The number of amidine groups is 1. The van der Waals surface area contributed by atoms with Crippen LogP contribution in [0.1, 0.15) is 12.0 Å². The number of nitrogens with two attached hydrogens (primary N) is 1. The van der Waals surface area contributed by atoms with Crippen LogP contribution in [0.25, 0.3) is 0 Å². The third kappa shape index (κ3) is 4.95. The zero-order valence-electron chi connectivity index (χ0n) is 15.1. The molecule has 0 bridgehead atoms. The van der Waals surface area contributed by atoms with Crippen molar-refractivity contribution in [3.05, 3.63) is 29.8 Å². The topological polar surface area (TPSA) is 123 Å². The van der Waals surface area contributed by atoms with Crippen molar-refractivity contribution in [2.24, 2.45) is 5.73 Å². The lowest BCUT2D eigenvalue weighted by Gasteiger charge is -2.35. The van der Waals surface area contributed by atoms with Crippen molar-refractivity contribution in [3.63, 3.8) is 0 Å². The van der Waals surface area contributed by atoms with E-state index in [2.05, 4.69) is 9.80 Å². The van der Waals surface area contributed by atoms with E-state index >= 15 is 0 Å². The molecule has 9 heteroatoms. The molecule has 0 saturated carbocycles. The van der Waals surface area contributed by atoms with E-state index in [1.807, 2.05) is 0 Å². The molecule has 27 heavy (non-hydrogen) atoms. The van der Waals surface area contributed by atoms with Crippen molar-refractivity contribution < 1.29 is 19.4 Å². The molecule has 2 fully saturated rings. The minimum absolute atomic E-state index is 0.00841. The number of benzene rings is 1. The molecule has 9 nitrogen and oxygen atoms in total. The summed E-state index contributed by atoms with van der Waals surface area (Å²) in [4.78, 5) is 28.9. The first kappa shape index (κ1) is 19.1. The molecule has 2 aliphatic rings. The maximum absolute atomic E-state index is 12.2. The summed E-state index contributed by atoms with van der Waals surface area (Å²) in [6.07, 6.45) is -0.399. The number of nitrogens with one attached hydrogen (secondary N) is 1.